The van der Waals surface area contributed by atoms with Crippen molar-refractivity contribution in [3.05, 3.63) is 10.6 Å². The van der Waals surface area contributed by atoms with Gasteiger partial charge in [0, 0.05) is 10.9 Å². The third-order valence-corrected chi connectivity index (χ3v) is 6.43. The van der Waals surface area contributed by atoms with Crippen molar-refractivity contribution in [1.82, 2.24) is 4.98 Å². The normalized spacial score (nSPS) is 35.0. The summed E-state index contributed by atoms with van der Waals surface area (Å²) in [7, 11) is 0. The summed E-state index contributed by atoms with van der Waals surface area (Å²) in [6, 6.07) is 0.0586. The highest BCUT2D eigenvalue weighted by Crippen LogP contribution is 2.48. The summed E-state index contributed by atoms with van der Waals surface area (Å²) in [6.45, 7) is 0. The zero-order chi connectivity index (χ0) is 13.7. The van der Waals surface area contributed by atoms with Gasteiger partial charge in [-0.25, -0.2) is 4.98 Å². The molecule has 0 aromatic carbocycles. The van der Waals surface area contributed by atoms with Crippen LogP contribution in [0.5, 0.6) is 0 Å². The van der Waals surface area contributed by atoms with E-state index in [9.17, 15) is 4.79 Å². The predicted octanol–water partition coefficient (Wildman–Crippen LogP) is 2.33. The van der Waals surface area contributed by atoms with Gasteiger partial charge in [-0.2, -0.15) is 0 Å². The molecule has 108 valence electrons. The number of nitrogens with zero attached hydrogens (tertiary/aromatic N) is 1. The van der Waals surface area contributed by atoms with Crippen molar-refractivity contribution in [2.75, 3.05) is 5.32 Å². The van der Waals surface area contributed by atoms with Crippen LogP contribution in [0.2, 0.25) is 0 Å². The fourth-order valence-electron chi connectivity index (χ4n) is 4.32. The van der Waals surface area contributed by atoms with Crippen LogP contribution in [-0.2, 0) is 17.6 Å². The third-order valence-electron chi connectivity index (χ3n) is 5.36. The molecule has 0 radical (unpaired) electrons. The van der Waals surface area contributed by atoms with Gasteiger partial charge in [0.1, 0.15) is 0 Å². The molecule has 1 amide bonds. The summed E-state index contributed by atoms with van der Waals surface area (Å²) >= 11 is 1.66. The van der Waals surface area contributed by atoms with Crippen molar-refractivity contribution < 1.29 is 4.79 Å². The number of fused-ring (bicyclic) bond motifs is 3. The van der Waals surface area contributed by atoms with Crippen molar-refractivity contribution in [2.45, 2.75) is 51.0 Å². The van der Waals surface area contributed by atoms with Crippen LogP contribution >= 0.6 is 11.3 Å². The number of anilines is 1. The maximum Gasteiger partial charge on any atom is 0.231 e. The van der Waals surface area contributed by atoms with E-state index in [1.807, 2.05) is 0 Å². The van der Waals surface area contributed by atoms with Gasteiger partial charge >= 0.3 is 0 Å². The van der Waals surface area contributed by atoms with E-state index in [0.29, 0.717) is 11.8 Å². The molecule has 5 heteroatoms. The van der Waals surface area contributed by atoms with Crippen LogP contribution < -0.4 is 11.1 Å². The lowest BCUT2D eigenvalue weighted by Gasteiger charge is -2.26. The van der Waals surface area contributed by atoms with Crippen molar-refractivity contribution in [3.8, 4) is 0 Å². The average Bonchev–Trinajstić information content (AvgIpc) is 3.10. The Kier molecular flexibility index (Phi) is 3.07. The number of amides is 1. The largest absolute Gasteiger partial charge is 0.327 e. The minimum absolute atomic E-state index is 0.00896. The van der Waals surface area contributed by atoms with Gasteiger partial charge < -0.3 is 11.1 Å². The molecule has 1 aromatic heterocycles. The Hall–Kier alpha value is -0.940. The summed E-state index contributed by atoms with van der Waals surface area (Å²) in [5.41, 5.74) is 7.44. The second-order valence-corrected chi connectivity index (χ2v) is 7.61. The molecule has 2 bridgehead atoms. The number of rotatable bonds is 2. The van der Waals surface area contributed by atoms with Crippen molar-refractivity contribution in [2.24, 2.45) is 23.5 Å². The second kappa shape index (κ2) is 4.81. The van der Waals surface area contributed by atoms with E-state index in [1.54, 1.807) is 11.3 Å². The molecule has 3 aliphatic rings. The molecule has 4 atom stereocenters. The van der Waals surface area contributed by atoms with Crippen LogP contribution in [0.3, 0.4) is 0 Å². The third kappa shape index (κ3) is 1.99. The topological polar surface area (TPSA) is 68.0 Å². The monoisotopic (exact) mass is 291 g/mol. The molecule has 2 fully saturated rings. The molecule has 20 heavy (non-hydrogen) atoms. The van der Waals surface area contributed by atoms with Gasteiger partial charge in [-0.1, -0.05) is 0 Å². The van der Waals surface area contributed by atoms with Gasteiger partial charge in [0.05, 0.1) is 11.6 Å². The minimum Gasteiger partial charge on any atom is -0.327 e. The Balaban J connectivity index is 1.49. The van der Waals surface area contributed by atoms with Crippen LogP contribution in [0.1, 0.15) is 42.7 Å². The molecule has 4 unspecified atom stereocenters. The van der Waals surface area contributed by atoms with Gasteiger partial charge in [-0.3, -0.25) is 4.79 Å². The number of aryl methyl sites for hydroxylation is 2. The Bertz CT molecular complexity index is 516. The first-order valence-electron chi connectivity index (χ1n) is 7.77. The molecule has 2 saturated carbocycles. The number of thiazole rings is 1. The van der Waals surface area contributed by atoms with E-state index in [2.05, 4.69) is 10.3 Å². The van der Waals surface area contributed by atoms with Crippen LogP contribution in [0.25, 0.3) is 0 Å². The highest BCUT2D eigenvalue weighted by molar-refractivity contribution is 7.15. The van der Waals surface area contributed by atoms with Gasteiger partial charge in [0.15, 0.2) is 5.13 Å². The van der Waals surface area contributed by atoms with Gasteiger partial charge in [0.25, 0.3) is 0 Å². The van der Waals surface area contributed by atoms with Crippen LogP contribution in [-0.4, -0.2) is 16.9 Å². The van der Waals surface area contributed by atoms with E-state index in [0.717, 1.165) is 24.4 Å². The number of hydrogen-bond donors (Lipinski definition) is 2. The summed E-state index contributed by atoms with van der Waals surface area (Å²) < 4.78 is 0. The Morgan fingerprint density at radius 2 is 2.05 bits per heavy atom. The number of aromatic nitrogens is 1. The van der Waals surface area contributed by atoms with E-state index in [4.69, 9.17) is 5.73 Å². The van der Waals surface area contributed by atoms with E-state index in [1.165, 1.54) is 36.3 Å². The van der Waals surface area contributed by atoms with Crippen LogP contribution in [0.15, 0.2) is 0 Å². The molecule has 4 rings (SSSR count). The molecule has 1 heterocycles. The number of carbonyl (C=O) groups excluding carboxylic acids is 1. The standard InChI is InChI=1S/C15H21N3OS/c16-13-9-6-5-8(7-9)12(13)14(19)18-15-17-10-3-1-2-4-11(10)20-15/h8-9,12-13H,1-7,16H2,(H,17,18,19). The maximum absolute atomic E-state index is 12.5. The smallest absolute Gasteiger partial charge is 0.231 e. The SMILES string of the molecule is NC1C2CCC(C2)C1C(=O)Nc1nc2c(s1)CCCC2. The predicted molar refractivity (Wildman–Crippen MR) is 79.7 cm³/mol. The number of nitrogens with one attached hydrogen (secondary N) is 1. The molecule has 0 aliphatic heterocycles. The number of carbonyl (C=O) groups is 1. The molecule has 4 nitrogen and oxygen atoms in total. The van der Waals surface area contributed by atoms with E-state index < -0.39 is 0 Å². The highest BCUT2D eigenvalue weighted by atomic mass is 32.1. The zero-order valence-corrected chi connectivity index (χ0v) is 12.4. The molecule has 3 N–H and O–H groups in total. The van der Waals surface area contributed by atoms with Crippen molar-refractivity contribution in [3.63, 3.8) is 0 Å². The summed E-state index contributed by atoms with van der Waals surface area (Å²) in [5, 5.41) is 3.83. The lowest BCUT2D eigenvalue weighted by molar-refractivity contribution is -0.121. The highest BCUT2D eigenvalue weighted by Gasteiger charge is 2.49. The first kappa shape index (κ1) is 12.8. The van der Waals surface area contributed by atoms with Crippen molar-refractivity contribution in [1.29, 1.82) is 0 Å². The van der Waals surface area contributed by atoms with Gasteiger partial charge in [-0.15, -0.1) is 11.3 Å². The summed E-state index contributed by atoms with van der Waals surface area (Å²) in [6.07, 6.45) is 8.19. The fourth-order valence-corrected chi connectivity index (χ4v) is 5.37. The number of hydrogen-bond acceptors (Lipinski definition) is 4. The average molecular weight is 291 g/mol. The minimum atomic E-state index is 0.00896. The Morgan fingerprint density at radius 1 is 1.25 bits per heavy atom. The Labute approximate surface area is 123 Å². The molecule has 0 spiro atoms. The molecular weight excluding hydrogens is 270 g/mol. The lowest BCUT2D eigenvalue weighted by atomic mass is 9.84. The zero-order valence-electron chi connectivity index (χ0n) is 11.6. The maximum atomic E-state index is 12.5. The Morgan fingerprint density at radius 3 is 2.80 bits per heavy atom. The van der Waals surface area contributed by atoms with E-state index in [-0.39, 0.29) is 17.9 Å². The van der Waals surface area contributed by atoms with E-state index >= 15 is 0 Å². The van der Waals surface area contributed by atoms with Crippen LogP contribution in [0.4, 0.5) is 5.13 Å². The molecule has 0 saturated heterocycles. The quantitative estimate of drug-likeness (QED) is 0.878. The van der Waals surface area contributed by atoms with Crippen molar-refractivity contribution >= 4 is 22.4 Å². The van der Waals surface area contributed by atoms with Crippen LogP contribution in [0, 0.1) is 17.8 Å². The van der Waals surface area contributed by atoms with Gasteiger partial charge in [-0.05, 0) is 56.8 Å². The lowest BCUT2D eigenvalue weighted by Crippen LogP contribution is -2.42. The van der Waals surface area contributed by atoms with Gasteiger partial charge in [0.2, 0.25) is 5.91 Å². The first-order chi connectivity index (χ1) is 9.72. The molecule has 3 aliphatic carbocycles. The summed E-state index contributed by atoms with van der Waals surface area (Å²) in [4.78, 5) is 18.5. The summed E-state index contributed by atoms with van der Waals surface area (Å²) in [5.74, 6) is 1.19. The second-order valence-electron chi connectivity index (χ2n) is 6.52. The molecule has 1 aromatic rings. The molecular formula is C15H21N3OS. The first-order valence-corrected chi connectivity index (χ1v) is 8.59. The number of nitrogens with two attached hydrogens (primary N) is 1. The fraction of sp³-hybridized carbons (Fsp3) is 0.733.